The highest BCUT2D eigenvalue weighted by atomic mass is 16.2. The highest BCUT2D eigenvalue weighted by Gasteiger charge is 2.21. The average Bonchev–Trinajstić information content (AvgIpc) is 2.85. The highest BCUT2D eigenvalue weighted by molar-refractivity contribution is 5.94. The van der Waals surface area contributed by atoms with Crippen molar-refractivity contribution in [3.8, 4) is 0 Å². The Hall–Kier alpha value is -1.71. The summed E-state index contributed by atoms with van der Waals surface area (Å²) in [4.78, 5) is 13.5. The molecular formula is C16H25N3O. The molecule has 1 heterocycles. The average molecular weight is 275 g/mol. The second-order valence-corrected chi connectivity index (χ2v) is 5.48. The number of hydrogen-bond donors (Lipinski definition) is 2. The molecule has 1 aromatic rings. The summed E-state index contributed by atoms with van der Waals surface area (Å²) in [5.41, 5.74) is 2.05. The van der Waals surface area contributed by atoms with Crippen LogP contribution in [0, 0.1) is 0 Å². The van der Waals surface area contributed by atoms with E-state index in [9.17, 15) is 4.79 Å². The monoisotopic (exact) mass is 275 g/mol. The summed E-state index contributed by atoms with van der Waals surface area (Å²) >= 11 is 0. The summed E-state index contributed by atoms with van der Waals surface area (Å²) in [7, 11) is 0. The van der Waals surface area contributed by atoms with Gasteiger partial charge in [0, 0.05) is 30.5 Å². The van der Waals surface area contributed by atoms with E-state index in [0.717, 1.165) is 24.5 Å². The summed E-state index contributed by atoms with van der Waals surface area (Å²) in [5.74, 6) is 0. The van der Waals surface area contributed by atoms with Gasteiger partial charge in [-0.25, -0.2) is 4.79 Å². The van der Waals surface area contributed by atoms with Gasteiger partial charge in [0.1, 0.15) is 0 Å². The molecule has 4 heteroatoms. The van der Waals surface area contributed by atoms with Crippen molar-refractivity contribution in [3.63, 3.8) is 0 Å². The number of hydrogen-bond acceptors (Lipinski definition) is 2. The van der Waals surface area contributed by atoms with Gasteiger partial charge in [-0.2, -0.15) is 0 Å². The van der Waals surface area contributed by atoms with E-state index in [1.165, 1.54) is 25.7 Å². The highest BCUT2D eigenvalue weighted by Crippen LogP contribution is 2.22. The van der Waals surface area contributed by atoms with Crippen molar-refractivity contribution in [1.29, 1.82) is 0 Å². The predicted octanol–water partition coefficient (Wildman–Crippen LogP) is 3.60. The lowest BCUT2D eigenvalue weighted by Gasteiger charge is -2.18. The van der Waals surface area contributed by atoms with E-state index in [2.05, 4.69) is 36.6 Å². The first-order valence-corrected chi connectivity index (χ1v) is 7.62. The summed E-state index contributed by atoms with van der Waals surface area (Å²) in [6.45, 7) is 5.91. The fourth-order valence-electron chi connectivity index (χ4n) is 2.54. The molecule has 0 aliphatic carbocycles. The lowest BCUT2D eigenvalue weighted by atomic mass is 10.1. The first kappa shape index (κ1) is 14.7. The molecule has 2 N–H and O–H groups in total. The molecule has 0 saturated carbocycles. The third-order valence-corrected chi connectivity index (χ3v) is 3.67. The zero-order valence-corrected chi connectivity index (χ0v) is 12.5. The number of urea groups is 1. The molecule has 1 aliphatic heterocycles. The van der Waals surface area contributed by atoms with Crippen LogP contribution in [0.2, 0.25) is 0 Å². The minimum absolute atomic E-state index is 0.00172. The molecule has 1 aliphatic rings. The van der Waals surface area contributed by atoms with E-state index >= 15 is 0 Å². The Morgan fingerprint density at radius 2 is 2.25 bits per heavy atom. The fourth-order valence-corrected chi connectivity index (χ4v) is 2.54. The number of anilines is 2. The van der Waals surface area contributed by atoms with Crippen molar-refractivity contribution >= 4 is 17.4 Å². The fraction of sp³-hybridized carbons (Fsp3) is 0.562. The van der Waals surface area contributed by atoms with Crippen LogP contribution in [0.5, 0.6) is 0 Å². The van der Waals surface area contributed by atoms with Crippen molar-refractivity contribution in [2.24, 2.45) is 0 Å². The molecule has 0 aromatic heterocycles. The van der Waals surface area contributed by atoms with Gasteiger partial charge in [0.2, 0.25) is 0 Å². The molecule has 0 radical (unpaired) electrons. The largest absolute Gasteiger partial charge is 0.383 e. The van der Waals surface area contributed by atoms with Gasteiger partial charge in [-0.05, 0) is 31.5 Å². The lowest BCUT2D eigenvalue weighted by Crippen LogP contribution is -2.27. The maximum Gasteiger partial charge on any atom is 0.321 e. The SMILES string of the molecule is CCCCCC(C)Nc1cccc(N2CCNC2=O)c1. The van der Waals surface area contributed by atoms with E-state index in [-0.39, 0.29) is 6.03 Å². The number of nitrogens with one attached hydrogen (secondary N) is 2. The minimum Gasteiger partial charge on any atom is -0.383 e. The van der Waals surface area contributed by atoms with Crippen LogP contribution in [0.1, 0.15) is 39.5 Å². The number of carbonyl (C=O) groups is 1. The summed E-state index contributed by atoms with van der Waals surface area (Å²) < 4.78 is 0. The van der Waals surface area contributed by atoms with E-state index in [1.807, 2.05) is 12.1 Å². The Bertz CT molecular complexity index is 447. The van der Waals surface area contributed by atoms with Crippen molar-refractivity contribution in [2.45, 2.75) is 45.6 Å². The maximum atomic E-state index is 11.7. The van der Waals surface area contributed by atoms with Crippen LogP contribution >= 0.6 is 0 Å². The standard InChI is InChI=1S/C16H25N3O/c1-3-4-5-7-13(2)18-14-8-6-9-15(12-14)19-11-10-17-16(19)20/h6,8-9,12-13,18H,3-5,7,10-11H2,1-2H3,(H,17,20). The van der Waals surface area contributed by atoms with Crippen molar-refractivity contribution in [3.05, 3.63) is 24.3 Å². The van der Waals surface area contributed by atoms with Gasteiger partial charge in [0.25, 0.3) is 0 Å². The molecule has 2 rings (SSSR count). The molecule has 2 amide bonds. The number of rotatable bonds is 7. The molecule has 110 valence electrons. The Morgan fingerprint density at radius 3 is 2.95 bits per heavy atom. The molecule has 1 atom stereocenters. The number of carbonyl (C=O) groups excluding carboxylic acids is 1. The maximum absolute atomic E-state index is 11.7. The van der Waals surface area contributed by atoms with Crippen LogP contribution in [0.3, 0.4) is 0 Å². The van der Waals surface area contributed by atoms with Crippen LogP contribution in [-0.2, 0) is 0 Å². The first-order chi connectivity index (χ1) is 9.70. The zero-order valence-electron chi connectivity index (χ0n) is 12.5. The first-order valence-electron chi connectivity index (χ1n) is 7.62. The van der Waals surface area contributed by atoms with E-state index in [0.29, 0.717) is 6.04 Å². The number of amides is 2. The summed E-state index contributed by atoms with van der Waals surface area (Å²) in [5, 5.41) is 6.35. The van der Waals surface area contributed by atoms with Crippen LogP contribution in [0.4, 0.5) is 16.2 Å². The Morgan fingerprint density at radius 1 is 1.40 bits per heavy atom. The molecular weight excluding hydrogens is 250 g/mol. The van der Waals surface area contributed by atoms with Gasteiger partial charge >= 0.3 is 6.03 Å². The molecule has 1 saturated heterocycles. The van der Waals surface area contributed by atoms with E-state index < -0.39 is 0 Å². The third kappa shape index (κ3) is 3.89. The van der Waals surface area contributed by atoms with Crippen LogP contribution in [0.25, 0.3) is 0 Å². The molecule has 1 unspecified atom stereocenters. The molecule has 1 fully saturated rings. The van der Waals surface area contributed by atoms with Gasteiger partial charge in [-0.1, -0.05) is 32.3 Å². The van der Waals surface area contributed by atoms with Gasteiger partial charge in [0.05, 0.1) is 0 Å². The van der Waals surface area contributed by atoms with Gasteiger partial charge in [-0.15, -0.1) is 0 Å². The van der Waals surface area contributed by atoms with Gasteiger partial charge < -0.3 is 10.6 Å². The number of nitrogens with zero attached hydrogens (tertiary/aromatic N) is 1. The Labute approximate surface area is 121 Å². The molecule has 20 heavy (non-hydrogen) atoms. The topological polar surface area (TPSA) is 44.4 Å². The smallest absolute Gasteiger partial charge is 0.321 e. The number of benzene rings is 1. The quantitative estimate of drug-likeness (QED) is 0.747. The Balaban J connectivity index is 1.94. The van der Waals surface area contributed by atoms with Gasteiger partial charge in [0.15, 0.2) is 0 Å². The van der Waals surface area contributed by atoms with Crippen molar-refractivity contribution < 1.29 is 4.79 Å². The van der Waals surface area contributed by atoms with Crippen LogP contribution in [-0.4, -0.2) is 25.2 Å². The molecule has 1 aromatic carbocycles. The normalized spacial score (nSPS) is 16.1. The second kappa shape index (κ2) is 7.17. The van der Waals surface area contributed by atoms with Gasteiger partial charge in [-0.3, -0.25) is 4.90 Å². The zero-order chi connectivity index (χ0) is 14.4. The van der Waals surface area contributed by atoms with E-state index in [4.69, 9.17) is 0 Å². The van der Waals surface area contributed by atoms with Crippen molar-refractivity contribution in [1.82, 2.24) is 5.32 Å². The van der Waals surface area contributed by atoms with Crippen LogP contribution < -0.4 is 15.5 Å². The lowest BCUT2D eigenvalue weighted by molar-refractivity contribution is 0.252. The molecule has 0 bridgehead atoms. The second-order valence-electron chi connectivity index (χ2n) is 5.48. The minimum atomic E-state index is -0.00172. The predicted molar refractivity (Wildman–Crippen MR) is 84.4 cm³/mol. The summed E-state index contributed by atoms with van der Waals surface area (Å²) in [6.07, 6.45) is 4.99. The van der Waals surface area contributed by atoms with E-state index in [1.54, 1.807) is 4.90 Å². The molecule has 0 spiro atoms. The third-order valence-electron chi connectivity index (χ3n) is 3.67. The van der Waals surface area contributed by atoms with Crippen LogP contribution in [0.15, 0.2) is 24.3 Å². The molecule has 4 nitrogen and oxygen atoms in total. The van der Waals surface area contributed by atoms with Crippen molar-refractivity contribution in [2.75, 3.05) is 23.3 Å². The Kier molecular flexibility index (Phi) is 5.27. The summed E-state index contributed by atoms with van der Waals surface area (Å²) in [6, 6.07) is 8.57. The number of unbranched alkanes of at least 4 members (excludes halogenated alkanes) is 2.